The van der Waals surface area contributed by atoms with Crippen molar-refractivity contribution in [1.29, 1.82) is 15.8 Å². The molecule has 1 atom stereocenters. The molecule has 0 aliphatic heterocycles. The Morgan fingerprint density at radius 1 is 0.588 bits per heavy atom. The molecule has 51 heavy (non-hydrogen) atoms. The second kappa shape index (κ2) is 11.5. The maximum atomic E-state index is 9.85. The van der Waals surface area contributed by atoms with Gasteiger partial charge in [-0.2, -0.15) is 15.8 Å². The number of rotatable bonds is 4. The summed E-state index contributed by atoms with van der Waals surface area (Å²) in [5, 5.41) is 33.5. The minimum atomic E-state index is -0.402. The zero-order valence-corrected chi connectivity index (χ0v) is 27.7. The summed E-state index contributed by atoms with van der Waals surface area (Å²) in [5.74, 6) is 1.46. The zero-order chi connectivity index (χ0) is 34.7. The van der Waals surface area contributed by atoms with Gasteiger partial charge in [0.05, 0.1) is 51.4 Å². The molecule has 9 rings (SSSR count). The zero-order valence-electron chi connectivity index (χ0n) is 27.7. The average molecular weight is 653 g/mol. The normalized spacial score (nSPS) is 15.5. The van der Waals surface area contributed by atoms with Crippen LogP contribution in [-0.2, 0) is 5.41 Å². The molecule has 0 radical (unpaired) electrons. The van der Waals surface area contributed by atoms with E-state index in [-0.39, 0.29) is 0 Å². The van der Waals surface area contributed by atoms with Crippen molar-refractivity contribution in [1.82, 2.24) is 14.1 Å². The van der Waals surface area contributed by atoms with Crippen LogP contribution in [0.25, 0.3) is 66.4 Å². The molecule has 3 heterocycles. The highest BCUT2D eigenvalue weighted by Gasteiger charge is 2.30. The largest absolute Gasteiger partial charge is 0.294 e. The monoisotopic (exact) mass is 652 g/mol. The number of allylic oxidation sites excluding steroid dienone is 4. The Labute approximate surface area is 294 Å². The Balaban J connectivity index is 1.39. The van der Waals surface area contributed by atoms with Crippen molar-refractivity contribution in [2.75, 3.05) is 0 Å². The predicted octanol–water partition coefficient (Wildman–Crippen LogP) is 10.4. The molecule has 238 valence electrons. The van der Waals surface area contributed by atoms with Crippen LogP contribution in [0, 0.1) is 34.0 Å². The molecule has 6 heteroatoms. The Hall–Kier alpha value is -7.20. The highest BCUT2D eigenvalue weighted by molar-refractivity contribution is 6.11. The summed E-state index contributed by atoms with van der Waals surface area (Å²) in [6.07, 6.45) is 6.68. The highest BCUT2D eigenvalue weighted by atomic mass is 15.1. The molecule has 0 saturated heterocycles. The van der Waals surface area contributed by atoms with E-state index in [4.69, 9.17) is 4.98 Å². The second-order valence-electron chi connectivity index (χ2n) is 13.3. The number of fused-ring (bicyclic) bond motifs is 6. The molecule has 0 amide bonds. The van der Waals surface area contributed by atoms with Crippen LogP contribution in [0.2, 0.25) is 0 Å². The van der Waals surface area contributed by atoms with E-state index >= 15 is 0 Å². The van der Waals surface area contributed by atoms with E-state index in [1.54, 1.807) is 0 Å². The summed E-state index contributed by atoms with van der Waals surface area (Å²) in [6.45, 7) is 2.19. The van der Waals surface area contributed by atoms with Crippen molar-refractivity contribution < 1.29 is 0 Å². The van der Waals surface area contributed by atoms with Crippen LogP contribution >= 0.6 is 0 Å². The molecule has 1 aliphatic carbocycles. The van der Waals surface area contributed by atoms with Gasteiger partial charge in [0.2, 0.25) is 0 Å². The molecule has 0 bridgehead atoms. The van der Waals surface area contributed by atoms with E-state index in [0.717, 1.165) is 71.7 Å². The van der Waals surface area contributed by atoms with Gasteiger partial charge in [-0.05, 0) is 89.9 Å². The van der Waals surface area contributed by atoms with Crippen molar-refractivity contribution in [3.05, 3.63) is 162 Å². The number of benzene rings is 5. The van der Waals surface area contributed by atoms with Crippen molar-refractivity contribution in [3.63, 3.8) is 0 Å². The van der Waals surface area contributed by atoms with Gasteiger partial charge < -0.3 is 0 Å². The Bertz CT molecular complexity index is 2830. The molecule has 0 saturated carbocycles. The fourth-order valence-electron chi connectivity index (χ4n) is 7.85. The average Bonchev–Trinajstić information content (AvgIpc) is 3.70. The number of para-hydroxylation sites is 2. The lowest BCUT2D eigenvalue weighted by Crippen LogP contribution is -2.22. The molecular weight excluding hydrogens is 625 g/mol. The number of pyridine rings is 1. The van der Waals surface area contributed by atoms with Crippen molar-refractivity contribution in [2.45, 2.75) is 18.8 Å². The van der Waals surface area contributed by atoms with Crippen molar-refractivity contribution >= 4 is 43.6 Å². The molecular formula is C45H28N6. The van der Waals surface area contributed by atoms with Crippen molar-refractivity contribution in [3.8, 4) is 41.0 Å². The van der Waals surface area contributed by atoms with E-state index < -0.39 is 5.41 Å². The number of aromatic nitrogens is 3. The first-order valence-corrected chi connectivity index (χ1v) is 16.8. The van der Waals surface area contributed by atoms with E-state index in [1.807, 2.05) is 48.6 Å². The number of hydrogen-bond acceptors (Lipinski definition) is 4. The molecule has 3 aromatic heterocycles. The molecule has 6 nitrogen and oxygen atoms in total. The van der Waals surface area contributed by atoms with Crippen LogP contribution in [0.3, 0.4) is 0 Å². The molecule has 0 spiro atoms. The minimum Gasteiger partial charge on any atom is -0.294 e. The van der Waals surface area contributed by atoms with Crippen LogP contribution in [0.4, 0.5) is 0 Å². The Kier molecular flexibility index (Phi) is 6.72. The molecule has 0 N–H and O–H groups in total. The predicted molar refractivity (Wildman–Crippen MR) is 203 cm³/mol. The van der Waals surface area contributed by atoms with E-state index in [9.17, 15) is 15.8 Å². The number of nitriles is 3. The first-order valence-electron chi connectivity index (χ1n) is 16.8. The van der Waals surface area contributed by atoms with Gasteiger partial charge in [-0.1, -0.05) is 79.7 Å². The van der Waals surface area contributed by atoms with Gasteiger partial charge in [-0.3, -0.25) is 9.13 Å². The van der Waals surface area contributed by atoms with Gasteiger partial charge >= 0.3 is 0 Å². The number of nitrogens with zero attached hydrogens (tertiary/aromatic N) is 6. The maximum absolute atomic E-state index is 9.85. The molecule has 5 aromatic carbocycles. The maximum Gasteiger partial charge on any atom is 0.140 e. The third kappa shape index (κ3) is 4.65. The molecule has 0 fully saturated rings. The highest BCUT2D eigenvalue weighted by Crippen LogP contribution is 2.42. The van der Waals surface area contributed by atoms with Crippen LogP contribution in [0.15, 0.2) is 145 Å². The number of hydrogen-bond donors (Lipinski definition) is 0. The summed E-state index contributed by atoms with van der Waals surface area (Å²) in [6, 6.07) is 47.8. The van der Waals surface area contributed by atoms with Gasteiger partial charge in [0.1, 0.15) is 11.6 Å². The lowest BCUT2D eigenvalue weighted by atomic mass is 9.72. The van der Waals surface area contributed by atoms with E-state index in [2.05, 4.69) is 125 Å². The van der Waals surface area contributed by atoms with Gasteiger partial charge in [-0.25, -0.2) is 4.98 Å². The standard InChI is InChI=1S/C45H28N6/c1-45(20-8-9-31(25-45)28-48)38-13-5-2-10-33(38)32-23-43(50-39-14-6-3-11-34(39)35-12-4-7-15-40(35)50)49-44(24-32)51-41-18-16-29(26-46)21-36(41)37-22-30(27-47)17-19-42(37)51/h2-24H,25H2,1H3. The Morgan fingerprint density at radius 3 is 1.69 bits per heavy atom. The van der Waals surface area contributed by atoms with Crippen LogP contribution in [0.5, 0.6) is 0 Å². The fourth-order valence-corrected chi connectivity index (χ4v) is 7.85. The lowest BCUT2D eigenvalue weighted by Gasteiger charge is -2.31. The SMILES string of the molecule is CC1(c2ccccc2-c2cc(-n3c4ccccc4c4ccccc43)nc(-n3c4ccc(C#N)cc4c4cc(C#N)ccc43)c2)C=CC=C(C#N)C1. The van der Waals surface area contributed by atoms with Gasteiger partial charge in [0.15, 0.2) is 0 Å². The topological polar surface area (TPSA) is 94.1 Å². The van der Waals surface area contributed by atoms with Crippen LogP contribution in [-0.4, -0.2) is 14.1 Å². The summed E-state index contributed by atoms with van der Waals surface area (Å²) in [7, 11) is 0. The van der Waals surface area contributed by atoms with Gasteiger partial charge in [0.25, 0.3) is 0 Å². The van der Waals surface area contributed by atoms with Crippen LogP contribution < -0.4 is 0 Å². The first-order chi connectivity index (χ1) is 25.0. The quantitative estimate of drug-likeness (QED) is 0.189. The summed E-state index contributed by atoms with van der Waals surface area (Å²) < 4.78 is 4.36. The van der Waals surface area contributed by atoms with Crippen LogP contribution in [0.1, 0.15) is 30.0 Å². The van der Waals surface area contributed by atoms with Crippen molar-refractivity contribution in [2.24, 2.45) is 0 Å². The van der Waals surface area contributed by atoms with E-state index in [1.165, 1.54) is 0 Å². The molecule has 1 aliphatic rings. The third-order valence-electron chi connectivity index (χ3n) is 10.2. The van der Waals surface area contributed by atoms with Gasteiger partial charge in [0, 0.05) is 32.5 Å². The van der Waals surface area contributed by atoms with E-state index in [0.29, 0.717) is 23.4 Å². The summed E-state index contributed by atoms with van der Waals surface area (Å²) >= 11 is 0. The third-order valence-corrected chi connectivity index (χ3v) is 10.2. The summed E-state index contributed by atoms with van der Waals surface area (Å²) in [4.78, 5) is 5.44. The lowest BCUT2D eigenvalue weighted by molar-refractivity contribution is 0.590. The summed E-state index contributed by atoms with van der Waals surface area (Å²) in [5.41, 5.74) is 8.45. The second-order valence-corrected chi connectivity index (χ2v) is 13.3. The smallest absolute Gasteiger partial charge is 0.140 e. The fraction of sp³-hybridized carbons (Fsp3) is 0.0667. The minimum absolute atomic E-state index is 0.402. The van der Waals surface area contributed by atoms with Gasteiger partial charge in [-0.15, -0.1) is 0 Å². The molecule has 8 aromatic rings. The molecule has 1 unspecified atom stereocenters. The Morgan fingerprint density at radius 2 is 1.12 bits per heavy atom. The first kappa shape index (κ1) is 29.9.